The highest BCUT2D eigenvalue weighted by molar-refractivity contribution is 6.17. The van der Waals surface area contributed by atoms with Crippen LogP contribution in [0.5, 0.6) is 28.7 Å². The van der Waals surface area contributed by atoms with E-state index in [2.05, 4.69) is 5.32 Å². The Morgan fingerprint density at radius 3 is 2.08 bits per heavy atom. The van der Waals surface area contributed by atoms with Crippen molar-refractivity contribution in [2.75, 3.05) is 43.8 Å². The van der Waals surface area contributed by atoms with Gasteiger partial charge in [-0.1, -0.05) is 12.1 Å². The molecule has 9 nitrogen and oxygen atoms in total. The molecule has 2 amide bonds. The van der Waals surface area contributed by atoms with E-state index in [1.807, 2.05) is 0 Å². The smallest absolute Gasteiger partial charge is 0.255 e. The number of amides is 2. The van der Waals surface area contributed by atoms with Crippen molar-refractivity contribution >= 4 is 23.2 Å². The fourth-order valence-electron chi connectivity index (χ4n) is 4.80. The first-order valence-electron chi connectivity index (χ1n) is 11.7. The van der Waals surface area contributed by atoms with Crippen LogP contribution in [-0.4, -0.2) is 45.4 Å². The lowest BCUT2D eigenvalue weighted by Gasteiger charge is -2.50. The van der Waals surface area contributed by atoms with E-state index in [1.165, 1.54) is 4.90 Å². The minimum atomic E-state index is -1.28. The second kappa shape index (κ2) is 8.67. The highest BCUT2D eigenvalue weighted by Crippen LogP contribution is 2.48. The first kappa shape index (κ1) is 22.1. The Labute approximate surface area is 207 Å². The molecule has 1 saturated heterocycles. The average Bonchev–Trinajstić information content (AvgIpc) is 2.91. The zero-order valence-electron chi connectivity index (χ0n) is 19.6. The summed E-state index contributed by atoms with van der Waals surface area (Å²) in [5, 5.41) is 2.99. The van der Waals surface area contributed by atoms with Crippen LogP contribution in [0.1, 0.15) is 12.0 Å². The molecule has 0 radical (unpaired) electrons. The molecule has 0 spiro atoms. The molecule has 3 aliphatic heterocycles. The Hall–Kier alpha value is -4.40. The molecule has 0 aliphatic carbocycles. The SMILES string of the molecule is COc1ccc(C2(C(=O)Nc3ccc4c(c3)OCCO4)CC(=O)N2c2ccc3c(c2)OCCO3)cc1. The number of benzene rings is 3. The van der Waals surface area contributed by atoms with Gasteiger partial charge in [-0.05, 0) is 42.0 Å². The van der Waals surface area contributed by atoms with Gasteiger partial charge in [-0.3, -0.25) is 14.5 Å². The van der Waals surface area contributed by atoms with Crippen LogP contribution in [0.15, 0.2) is 60.7 Å². The molecule has 184 valence electrons. The van der Waals surface area contributed by atoms with Crippen molar-refractivity contribution in [3.8, 4) is 28.7 Å². The van der Waals surface area contributed by atoms with Crippen LogP contribution in [0.3, 0.4) is 0 Å². The summed E-state index contributed by atoms with van der Waals surface area (Å²) in [6, 6.07) is 17.7. The fraction of sp³-hybridized carbons (Fsp3) is 0.259. The summed E-state index contributed by atoms with van der Waals surface area (Å²) < 4.78 is 27.9. The normalized spacial score (nSPS) is 19.8. The van der Waals surface area contributed by atoms with E-state index in [9.17, 15) is 9.59 Å². The highest BCUT2D eigenvalue weighted by atomic mass is 16.6. The fourth-order valence-corrected chi connectivity index (χ4v) is 4.80. The van der Waals surface area contributed by atoms with Gasteiger partial charge >= 0.3 is 0 Å². The zero-order chi connectivity index (χ0) is 24.7. The van der Waals surface area contributed by atoms with Gasteiger partial charge in [0.2, 0.25) is 5.91 Å². The third-order valence-corrected chi connectivity index (χ3v) is 6.57. The van der Waals surface area contributed by atoms with Crippen molar-refractivity contribution in [2.24, 2.45) is 0 Å². The summed E-state index contributed by atoms with van der Waals surface area (Å²) in [5.74, 6) is 2.45. The predicted molar refractivity (Wildman–Crippen MR) is 130 cm³/mol. The van der Waals surface area contributed by atoms with Crippen LogP contribution in [0.25, 0.3) is 0 Å². The lowest BCUT2D eigenvalue weighted by atomic mass is 9.76. The molecule has 0 saturated carbocycles. The van der Waals surface area contributed by atoms with E-state index in [0.29, 0.717) is 72.1 Å². The number of anilines is 2. The topological polar surface area (TPSA) is 95.6 Å². The molecule has 3 aromatic rings. The van der Waals surface area contributed by atoms with E-state index in [-0.39, 0.29) is 18.2 Å². The molecule has 9 heteroatoms. The Kier molecular flexibility index (Phi) is 5.32. The van der Waals surface area contributed by atoms with Gasteiger partial charge in [0.15, 0.2) is 28.5 Å². The van der Waals surface area contributed by atoms with Gasteiger partial charge in [-0.25, -0.2) is 0 Å². The van der Waals surface area contributed by atoms with E-state index < -0.39 is 5.54 Å². The lowest BCUT2D eigenvalue weighted by molar-refractivity contribution is -0.137. The maximum absolute atomic E-state index is 14.0. The van der Waals surface area contributed by atoms with Crippen LogP contribution in [0, 0.1) is 0 Å². The number of hydrogen-bond acceptors (Lipinski definition) is 7. The lowest BCUT2D eigenvalue weighted by Crippen LogP contribution is -2.67. The molecule has 36 heavy (non-hydrogen) atoms. The van der Waals surface area contributed by atoms with Crippen LogP contribution < -0.4 is 33.9 Å². The first-order chi connectivity index (χ1) is 17.6. The molecular weight excluding hydrogens is 464 g/mol. The summed E-state index contributed by atoms with van der Waals surface area (Å²) in [7, 11) is 1.58. The maximum atomic E-state index is 14.0. The second-order valence-corrected chi connectivity index (χ2v) is 8.64. The van der Waals surface area contributed by atoms with Crippen LogP contribution in [0.4, 0.5) is 11.4 Å². The zero-order valence-corrected chi connectivity index (χ0v) is 19.6. The molecule has 1 atom stereocenters. The predicted octanol–water partition coefficient (Wildman–Crippen LogP) is 3.51. The molecule has 0 aromatic heterocycles. The van der Waals surface area contributed by atoms with Crippen molar-refractivity contribution < 1.29 is 33.3 Å². The van der Waals surface area contributed by atoms with Crippen molar-refractivity contribution in [1.82, 2.24) is 0 Å². The van der Waals surface area contributed by atoms with Crippen molar-refractivity contribution in [3.63, 3.8) is 0 Å². The minimum absolute atomic E-state index is 0.00412. The van der Waals surface area contributed by atoms with Crippen LogP contribution in [0.2, 0.25) is 0 Å². The van der Waals surface area contributed by atoms with Gasteiger partial charge in [0.1, 0.15) is 32.2 Å². The first-order valence-corrected chi connectivity index (χ1v) is 11.7. The highest BCUT2D eigenvalue weighted by Gasteiger charge is 2.58. The van der Waals surface area contributed by atoms with Crippen molar-refractivity contribution in [1.29, 1.82) is 0 Å². The van der Waals surface area contributed by atoms with Gasteiger partial charge in [0, 0.05) is 23.5 Å². The summed E-state index contributed by atoms with van der Waals surface area (Å²) in [4.78, 5) is 28.6. The molecule has 3 aromatic carbocycles. The van der Waals surface area contributed by atoms with E-state index in [4.69, 9.17) is 23.7 Å². The summed E-state index contributed by atoms with van der Waals surface area (Å²) >= 11 is 0. The number of methoxy groups -OCH3 is 1. The molecule has 0 bridgehead atoms. The summed E-state index contributed by atoms with van der Waals surface area (Å²) in [6.45, 7) is 1.79. The molecule has 1 N–H and O–H groups in total. The summed E-state index contributed by atoms with van der Waals surface area (Å²) in [5.41, 5.74) is 0.468. The van der Waals surface area contributed by atoms with Crippen molar-refractivity contribution in [2.45, 2.75) is 12.0 Å². The average molecular weight is 488 g/mol. The Morgan fingerprint density at radius 1 is 0.833 bits per heavy atom. The number of β-lactam (4-membered cyclic amide) rings is 1. The van der Waals surface area contributed by atoms with Gasteiger partial charge in [0.05, 0.1) is 13.5 Å². The standard InChI is InChI=1S/C27H24N2O7/c1-32-20-6-2-17(3-7-20)27(26(31)28-18-4-8-21-23(14-18)35-12-10-33-21)16-25(30)29(27)19-5-9-22-24(15-19)36-13-11-34-22/h2-9,14-15H,10-13,16H2,1H3,(H,28,31). The molecular formula is C27H24N2O7. The number of hydrogen-bond donors (Lipinski definition) is 1. The number of carbonyl (C=O) groups excluding carboxylic acids is 2. The van der Waals surface area contributed by atoms with Gasteiger partial charge in [-0.15, -0.1) is 0 Å². The van der Waals surface area contributed by atoms with Crippen LogP contribution in [-0.2, 0) is 15.1 Å². The molecule has 3 heterocycles. The number of fused-ring (bicyclic) bond motifs is 2. The maximum Gasteiger partial charge on any atom is 0.255 e. The van der Waals surface area contributed by atoms with E-state index in [0.717, 1.165) is 0 Å². The molecule has 6 rings (SSSR count). The molecule has 3 aliphatic rings. The van der Waals surface area contributed by atoms with E-state index in [1.54, 1.807) is 67.8 Å². The molecule has 1 fully saturated rings. The number of nitrogens with zero attached hydrogens (tertiary/aromatic N) is 1. The third-order valence-electron chi connectivity index (χ3n) is 6.57. The Balaban J connectivity index is 1.40. The molecule has 1 unspecified atom stereocenters. The number of carbonyl (C=O) groups is 2. The number of rotatable bonds is 5. The Morgan fingerprint density at radius 2 is 1.44 bits per heavy atom. The quantitative estimate of drug-likeness (QED) is 0.549. The van der Waals surface area contributed by atoms with Gasteiger partial charge in [-0.2, -0.15) is 0 Å². The third kappa shape index (κ3) is 3.55. The number of ether oxygens (including phenoxy) is 5. The van der Waals surface area contributed by atoms with E-state index >= 15 is 0 Å². The van der Waals surface area contributed by atoms with Gasteiger partial charge < -0.3 is 29.0 Å². The number of nitrogens with one attached hydrogen (secondary N) is 1. The second-order valence-electron chi connectivity index (χ2n) is 8.64. The largest absolute Gasteiger partial charge is 0.497 e. The van der Waals surface area contributed by atoms with Gasteiger partial charge in [0.25, 0.3) is 5.91 Å². The monoisotopic (exact) mass is 488 g/mol. The summed E-state index contributed by atoms with van der Waals surface area (Å²) in [6.07, 6.45) is 0.00412. The Bertz CT molecular complexity index is 1340. The van der Waals surface area contributed by atoms with Crippen molar-refractivity contribution in [3.05, 3.63) is 66.2 Å². The minimum Gasteiger partial charge on any atom is -0.497 e. The van der Waals surface area contributed by atoms with Crippen LogP contribution >= 0.6 is 0 Å².